The van der Waals surface area contributed by atoms with Crippen LogP contribution in [-0.2, 0) is 10.9 Å². The Labute approximate surface area is 199 Å². The molecular weight excluding hydrogens is 466 g/mol. The van der Waals surface area contributed by atoms with Crippen LogP contribution in [0.25, 0.3) is 11.1 Å². The number of aliphatic hydroxyl groups is 2. The summed E-state index contributed by atoms with van der Waals surface area (Å²) in [6, 6.07) is 17.5. The molecule has 3 aromatic rings. The first kappa shape index (κ1) is 24.7. The third-order valence-electron chi connectivity index (χ3n) is 6.06. The maximum atomic E-state index is 13.3. The summed E-state index contributed by atoms with van der Waals surface area (Å²) in [7, 11) is 0. The molecule has 1 amide bonds. The molecule has 35 heavy (non-hydrogen) atoms. The number of hydrogen-bond donors (Lipinski definition) is 3. The number of nitrogens with one attached hydrogen (secondary N) is 1. The number of carbonyl (C=O) groups excluding carboxylic acids is 1. The molecule has 2 unspecified atom stereocenters. The molecule has 0 bridgehead atoms. The van der Waals surface area contributed by atoms with Crippen LogP contribution in [0.15, 0.2) is 66.7 Å². The molecule has 0 aromatic heterocycles. The number of hydrogen-bond acceptors (Lipinski definition) is 4. The molecule has 4 rings (SSSR count). The van der Waals surface area contributed by atoms with E-state index >= 15 is 0 Å². The predicted molar refractivity (Wildman–Crippen MR) is 120 cm³/mol. The summed E-state index contributed by atoms with van der Waals surface area (Å²) in [6.45, 7) is -0.0764. The van der Waals surface area contributed by atoms with Crippen LogP contribution in [0.3, 0.4) is 0 Å². The van der Waals surface area contributed by atoms with Crippen LogP contribution in [0.2, 0.25) is 0 Å². The van der Waals surface area contributed by atoms with E-state index in [2.05, 4.69) is 5.32 Å². The van der Waals surface area contributed by atoms with Gasteiger partial charge in [0.1, 0.15) is 18.5 Å². The third kappa shape index (κ3) is 5.31. The monoisotopic (exact) mass is 489 g/mol. The molecule has 0 saturated carbocycles. The van der Waals surface area contributed by atoms with Crippen LogP contribution in [0, 0.1) is 5.82 Å². The molecule has 1 aliphatic rings. The van der Waals surface area contributed by atoms with Crippen molar-refractivity contribution >= 4 is 6.09 Å². The zero-order valence-electron chi connectivity index (χ0n) is 18.4. The van der Waals surface area contributed by atoms with E-state index < -0.39 is 41.4 Å². The Morgan fingerprint density at radius 1 is 0.971 bits per heavy atom. The van der Waals surface area contributed by atoms with Crippen molar-refractivity contribution in [2.24, 2.45) is 0 Å². The van der Waals surface area contributed by atoms with Crippen LogP contribution in [-0.4, -0.2) is 35.6 Å². The van der Waals surface area contributed by atoms with Gasteiger partial charge in [-0.3, -0.25) is 0 Å². The zero-order valence-corrected chi connectivity index (χ0v) is 18.4. The summed E-state index contributed by atoms with van der Waals surface area (Å²) in [5.41, 5.74) is 2.22. The van der Waals surface area contributed by atoms with Crippen molar-refractivity contribution in [3.63, 3.8) is 0 Å². The third-order valence-corrected chi connectivity index (χ3v) is 6.06. The largest absolute Gasteiger partial charge is 0.449 e. The first-order chi connectivity index (χ1) is 16.7. The lowest BCUT2D eigenvalue weighted by Crippen LogP contribution is -2.31. The first-order valence-corrected chi connectivity index (χ1v) is 11.0. The number of aliphatic hydroxyl groups excluding tert-OH is 2. The quantitative estimate of drug-likeness (QED) is 0.401. The average Bonchev–Trinajstić information content (AvgIpc) is 3.15. The first-order valence-electron chi connectivity index (χ1n) is 11.0. The number of ether oxygens (including phenoxy) is 1. The van der Waals surface area contributed by atoms with Gasteiger partial charge in [0.25, 0.3) is 0 Å². The fraction of sp³-hybridized carbons (Fsp3) is 0.269. The van der Waals surface area contributed by atoms with E-state index in [9.17, 15) is 32.6 Å². The van der Waals surface area contributed by atoms with E-state index in [0.717, 1.165) is 34.4 Å². The number of rotatable bonds is 7. The Balaban J connectivity index is 1.31. The van der Waals surface area contributed by atoms with Gasteiger partial charge in [-0.15, -0.1) is 0 Å². The molecule has 0 saturated heterocycles. The van der Waals surface area contributed by atoms with Gasteiger partial charge >= 0.3 is 12.3 Å². The Morgan fingerprint density at radius 2 is 1.57 bits per heavy atom. The number of alkyl carbamates (subject to hydrolysis) is 1. The molecule has 0 radical (unpaired) electrons. The highest BCUT2D eigenvalue weighted by Gasteiger charge is 2.37. The highest BCUT2D eigenvalue weighted by Crippen LogP contribution is 2.44. The van der Waals surface area contributed by atoms with E-state index in [1.54, 1.807) is 0 Å². The minimum absolute atomic E-state index is 0.0789. The number of carbonyl (C=O) groups is 1. The van der Waals surface area contributed by atoms with Gasteiger partial charge in [0.15, 0.2) is 0 Å². The maximum Gasteiger partial charge on any atom is 0.416 e. The molecule has 0 fully saturated rings. The van der Waals surface area contributed by atoms with E-state index in [1.807, 2.05) is 48.5 Å². The number of alkyl halides is 3. The number of halogens is 4. The molecule has 3 aromatic carbocycles. The Bertz CT molecular complexity index is 1170. The van der Waals surface area contributed by atoms with E-state index in [1.165, 1.54) is 0 Å². The fourth-order valence-electron chi connectivity index (χ4n) is 4.37. The van der Waals surface area contributed by atoms with Crippen molar-refractivity contribution in [3.8, 4) is 11.1 Å². The van der Waals surface area contributed by atoms with Crippen LogP contribution in [0.5, 0.6) is 0 Å². The Kier molecular flexibility index (Phi) is 7.09. The highest BCUT2D eigenvalue weighted by molar-refractivity contribution is 5.79. The topological polar surface area (TPSA) is 78.8 Å². The molecule has 1 aliphatic carbocycles. The van der Waals surface area contributed by atoms with E-state index in [0.29, 0.717) is 0 Å². The van der Waals surface area contributed by atoms with Gasteiger partial charge in [0, 0.05) is 12.5 Å². The zero-order chi connectivity index (χ0) is 25.2. The van der Waals surface area contributed by atoms with E-state index in [4.69, 9.17) is 4.74 Å². The van der Waals surface area contributed by atoms with E-state index in [-0.39, 0.29) is 31.6 Å². The van der Waals surface area contributed by atoms with Crippen LogP contribution >= 0.6 is 0 Å². The van der Waals surface area contributed by atoms with Crippen LogP contribution in [0.1, 0.15) is 40.7 Å². The van der Waals surface area contributed by atoms with Gasteiger partial charge < -0.3 is 20.3 Å². The molecule has 0 heterocycles. The molecule has 184 valence electrons. The summed E-state index contributed by atoms with van der Waals surface area (Å²) >= 11 is 0. The number of amides is 1. The van der Waals surface area contributed by atoms with Gasteiger partial charge in [0.05, 0.1) is 11.7 Å². The Hall–Kier alpha value is -3.43. The summed E-state index contributed by atoms with van der Waals surface area (Å²) in [5, 5.41) is 22.8. The summed E-state index contributed by atoms with van der Waals surface area (Å²) in [4.78, 5) is 12.2. The Morgan fingerprint density at radius 3 is 2.17 bits per heavy atom. The lowest BCUT2D eigenvalue weighted by atomic mass is 9.96. The highest BCUT2D eigenvalue weighted by atomic mass is 19.4. The predicted octanol–water partition coefficient (Wildman–Crippen LogP) is 5.17. The van der Waals surface area contributed by atoms with Crippen LogP contribution in [0.4, 0.5) is 22.4 Å². The summed E-state index contributed by atoms with van der Waals surface area (Å²) in [6.07, 6.45) is -9.46. The average molecular weight is 489 g/mol. The van der Waals surface area contributed by atoms with Gasteiger partial charge in [0.2, 0.25) is 0 Å². The molecule has 3 N–H and O–H groups in total. The normalized spacial score (nSPS) is 14.7. The molecule has 9 heteroatoms. The van der Waals surface area contributed by atoms with Gasteiger partial charge in [-0.2, -0.15) is 13.2 Å². The molecule has 2 atom stereocenters. The SMILES string of the molecule is O=C(NCCC(O)C(O)c1ccc(F)cc1C(F)(F)F)OCC1c2ccccc2-c2ccccc21. The standard InChI is InChI=1S/C26H23F4NO4/c27-15-9-10-20(22(13-15)26(28,29)30)24(33)23(32)11-12-31-25(34)35-14-21-18-7-3-1-5-16(18)17-6-2-4-8-19(17)21/h1-10,13,21,23-24,32-33H,11-12,14H2,(H,31,34). The number of benzene rings is 3. The number of fused-ring (bicyclic) bond motifs is 3. The van der Waals surface area contributed by atoms with Crippen molar-refractivity contribution in [1.82, 2.24) is 5.32 Å². The molecule has 5 nitrogen and oxygen atoms in total. The van der Waals surface area contributed by atoms with Gasteiger partial charge in [-0.25, -0.2) is 9.18 Å². The van der Waals surface area contributed by atoms with Crippen molar-refractivity contribution in [1.29, 1.82) is 0 Å². The van der Waals surface area contributed by atoms with Gasteiger partial charge in [-0.1, -0.05) is 54.6 Å². The van der Waals surface area contributed by atoms with Crippen molar-refractivity contribution in [2.75, 3.05) is 13.2 Å². The summed E-state index contributed by atoms with van der Waals surface area (Å²) in [5.74, 6) is -1.25. The summed E-state index contributed by atoms with van der Waals surface area (Å²) < 4.78 is 58.2. The van der Waals surface area contributed by atoms with Crippen LogP contribution < -0.4 is 5.32 Å². The minimum Gasteiger partial charge on any atom is -0.449 e. The second-order valence-corrected chi connectivity index (χ2v) is 8.28. The second kappa shape index (κ2) is 10.1. The van der Waals surface area contributed by atoms with Crippen molar-refractivity contribution < 1.29 is 37.3 Å². The lowest BCUT2D eigenvalue weighted by Gasteiger charge is -2.22. The molecule has 0 aliphatic heterocycles. The minimum atomic E-state index is -4.91. The lowest BCUT2D eigenvalue weighted by molar-refractivity contribution is -0.140. The maximum absolute atomic E-state index is 13.3. The fourth-order valence-corrected chi connectivity index (χ4v) is 4.37. The second-order valence-electron chi connectivity index (χ2n) is 8.28. The molecular formula is C26H23F4NO4. The van der Waals surface area contributed by atoms with Crippen molar-refractivity contribution in [3.05, 3.63) is 94.8 Å². The van der Waals surface area contributed by atoms with Gasteiger partial charge in [-0.05, 0) is 46.4 Å². The molecule has 0 spiro atoms. The van der Waals surface area contributed by atoms with Crippen molar-refractivity contribution in [2.45, 2.75) is 30.7 Å². The smallest absolute Gasteiger partial charge is 0.416 e.